The molecule has 0 spiro atoms. The molecule has 0 saturated carbocycles. The highest BCUT2D eigenvalue weighted by atomic mass is 32.2. The first-order valence-electron chi connectivity index (χ1n) is 3.51. The standard InChI is InChI=1S/C9H8NO2S/c1-2-8-13(11,12)9-6-4-3-5-7-10-9/h1,3-8,10H. The lowest BCUT2D eigenvalue weighted by atomic mass is 10.5. The van der Waals surface area contributed by atoms with Crippen LogP contribution in [0.3, 0.4) is 0 Å². The quantitative estimate of drug-likeness (QED) is 0.658. The second-order valence-corrected chi connectivity index (χ2v) is 4.01. The van der Waals surface area contributed by atoms with E-state index in [9.17, 15) is 8.42 Å². The zero-order valence-corrected chi connectivity index (χ0v) is 7.58. The van der Waals surface area contributed by atoms with Crippen LogP contribution in [0.4, 0.5) is 0 Å². The van der Waals surface area contributed by atoms with Gasteiger partial charge in [0.05, 0.1) is 0 Å². The largest absolute Gasteiger partial charge is 0.352 e. The molecule has 0 aromatic rings. The highest BCUT2D eigenvalue weighted by Gasteiger charge is 2.15. The maximum Gasteiger partial charge on any atom is 0.209 e. The Hall–Kier alpha value is -1.47. The third-order valence-electron chi connectivity index (χ3n) is 1.32. The van der Waals surface area contributed by atoms with Gasteiger partial charge in [-0.05, 0) is 12.2 Å². The molecule has 1 heterocycles. The zero-order valence-electron chi connectivity index (χ0n) is 6.77. The summed E-state index contributed by atoms with van der Waals surface area (Å²) in [6.45, 7) is 0. The van der Waals surface area contributed by atoms with Gasteiger partial charge in [0, 0.05) is 6.20 Å². The molecule has 0 unspecified atom stereocenters. The van der Waals surface area contributed by atoms with Crippen LogP contribution >= 0.6 is 0 Å². The molecule has 0 aliphatic carbocycles. The van der Waals surface area contributed by atoms with Crippen molar-refractivity contribution in [3.8, 4) is 12.3 Å². The molecular weight excluding hydrogens is 186 g/mol. The number of terminal acetylenes is 1. The summed E-state index contributed by atoms with van der Waals surface area (Å²) in [5.74, 6) is 2.80. The number of hydrogen-bond donors (Lipinski definition) is 1. The lowest BCUT2D eigenvalue weighted by molar-refractivity contribution is 0.606. The highest BCUT2D eigenvalue weighted by molar-refractivity contribution is 7.97. The molecule has 3 nitrogen and oxygen atoms in total. The molecule has 1 radical (unpaired) electrons. The smallest absolute Gasteiger partial charge is 0.209 e. The minimum atomic E-state index is -3.47. The second-order valence-electron chi connectivity index (χ2n) is 2.25. The molecule has 1 N–H and O–H groups in total. The van der Waals surface area contributed by atoms with Crippen LogP contribution in [0.1, 0.15) is 0 Å². The van der Waals surface area contributed by atoms with Gasteiger partial charge < -0.3 is 5.32 Å². The summed E-state index contributed by atoms with van der Waals surface area (Å²) in [7, 11) is -3.47. The van der Waals surface area contributed by atoms with E-state index in [1.165, 1.54) is 12.3 Å². The van der Waals surface area contributed by atoms with Gasteiger partial charge in [-0.25, -0.2) is 8.42 Å². The minimum absolute atomic E-state index is 0.0791. The normalized spacial score (nSPS) is 15.5. The fourth-order valence-electron chi connectivity index (χ4n) is 0.771. The molecule has 0 atom stereocenters. The fourth-order valence-corrected chi connectivity index (χ4v) is 1.58. The number of allylic oxidation sites excluding steroid dienone is 4. The van der Waals surface area contributed by atoms with Crippen LogP contribution < -0.4 is 5.32 Å². The summed E-state index contributed by atoms with van der Waals surface area (Å²) in [6, 6.07) is 0. The first kappa shape index (κ1) is 9.62. The molecule has 4 heteroatoms. The predicted molar refractivity (Wildman–Crippen MR) is 51.6 cm³/mol. The van der Waals surface area contributed by atoms with Crippen molar-refractivity contribution in [1.82, 2.24) is 5.32 Å². The van der Waals surface area contributed by atoms with Crippen LogP contribution in [-0.2, 0) is 9.84 Å². The lowest BCUT2D eigenvalue weighted by Crippen LogP contribution is -2.15. The van der Waals surface area contributed by atoms with Gasteiger partial charge in [-0.15, -0.1) is 6.42 Å². The van der Waals surface area contributed by atoms with Crippen molar-refractivity contribution in [3.05, 3.63) is 41.3 Å². The molecule has 67 valence electrons. The van der Waals surface area contributed by atoms with Gasteiger partial charge in [0.15, 0.2) is 5.75 Å². The summed E-state index contributed by atoms with van der Waals surface area (Å²) in [6.07, 6.45) is 12.9. The third kappa shape index (κ3) is 2.49. The van der Waals surface area contributed by atoms with Crippen LogP contribution in [-0.4, -0.2) is 8.42 Å². The number of rotatable bonds is 2. The summed E-state index contributed by atoms with van der Waals surface area (Å²) < 4.78 is 22.7. The molecule has 0 amide bonds. The van der Waals surface area contributed by atoms with Gasteiger partial charge >= 0.3 is 0 Å². The summed E-state index contributed by atoms with van der Waals surface area (Å²) in [5, 5.41) is 2.69. The maximum atomic E-state index is 11.3. The topological polar surface area (TPSA) is 46.2 Å². The van der Waals surface area contributed by atoms with Crippen LogP contribution in [0.15, 0.2) is 35.5 Å². The van der Waals surface area contributed by atoms with E-state index in [-0.39, 0.29) is 5.03 Å². The lowest BCUT2D eigenvalue weighted by Gasteiger charge is -2.03. The van der Waals surface area contributed by atoms with Crippen LogP contribution in [0.2, 0.25) is 0 Å². The van der Waals surface area contributed by atoms with Crippen molar-refractivity contribution in [2.75, 3.05) is 0 Å². The van der Waals surface area contributed by atoms with Crippen molar-refractivity contribution in [1.29, 1.82) is 0 Å². The third-order valence-corrected chi connectivity index (χ3v) is 2.63. The molecule has 1 aliphatic rings. The molecule has 0 bridgehead atoms. The Morgan fingerprint density at radius 2 is 2.15 bits per heavy atom. The van der Waals surface area contributed by atoms with Crippen LogP contribution in [0.5, 0.6) is 0 Å². The Kier molecular flexibility index (Phi) is 2.93. The Morgan fingerprint density at radius 3 is 2.85 bits per heavy atom. The van der Waals surface area contributed by atoms with Crippen LogP contribution in [0, 0.1) is 18.1 Å². The highest BCUT2D eigenvalue weighted by Crippen LogP contribution is 2.08. The van der Waals surface area contributed by atoms with E-state index in [0.29, 0.717) is 0 Å². The Bertz CT molecular complexity index is 407. The first-order valence-corrected chi connectivity index (χ1v) is 5.06. The van der Waals surface area contributed by atoms with Crippen molar-refractivity contribution in [2.45, 2.75) is 0 Å². The van der Waals surface area contributed by atoms with E-state index in [0.717, 1.165) is 5.75 Å². The summed E-state index contributed by atoms with van der Waals surface area (Å²) in [5.41, 5.74) is 0. The van der Waals surface area contributed by atoms with E-state index in [1.807, 2.05) is 5.92 Å². The second kappa shape index (κ2) is 3.97. The molecule has 1 aliphatic heterocycles. The maximum absolute atomic E-state index is 11.3. The monoisotopic (exact) mass is 194 g/mol. The molecule has 0 aromatic carbocycles. The van der Waals surface area contributed by atoms with Crippen molar-refractivity contribution in [2.24, 2.45) is 0 Å². The van der Waals surface area contributed by atoms with E-state index < -0.39 is 9.84 Å². The van der Waals surface area contributed by atoms with E-state index in [2.05, 4.69) is 5.32 Å². The fraction of sp³-hybridized carbons (Fsp3) is 0. The van der Waals surface area contributed by atoms with Crippen molar-refractivity contribution in [3.63, 3.8) is 0 Å². The number of hydrogen-bond acceptors (Lipinski definition) is 3. The van der Waals surface area contributed by atoms with Gasteiger partial charge in [0.25, 0.3) is 0 Å². The average molecular weight is 194 g/mol. The summed E-state index contributed by atoms with van der Waals surface area (Å²) in [4.78, 5) is 0. The molecule has 0 fully saturated rings. The van der Waals surface area contributed by atoms with Gasteiger partial charge in [0.1, 0.15) is 5.03 Å². The zero-order chi connectivity index (χ0) is 9.73. The SMILES string of the molecule is C#C[CH]S(=O)(=O)C1=CC=CC=CN1. The molecule has 1 rings (SSSR count). The van der Waals surface area contributed by atoms with E-state index >= 15 is 0 Å². The van der Waals surface area contributed by atoms with Crippen molar-refractivity contribution < 1.29 is 8.42 Å². The average Bonchev–Trinajstić information content (AvgIpc) is 2.31. The van der Waals surface area contributed by atoms with E-state index in [1.54, 1.807) is 18.2 Å². The van der Waals surface area contributed by atoms with Gasteiger partial charge in [0.2, 0.25) is 9.84 Å². The Labute approximate surface area is 77.8 Å². The molecule has 0 saturated heterocycles. The molecule has 13 heavy (non-hydrogen) atoms. The van der Waals surface area contributed by atoms with Crippen LogP contribution in [0.25, 0.3) is 0 Å². The van der Waals surface area contributed by atoms with Gasteiger partial charge in [-0.1, -0.05) is 18.1 Å². The molecular formula is C9H8NO2S. The van der Waals surface area contributed by atoms with Gasteiger partial charge in [-0.2, -0.15) is 0 Å². The minimum Gasteiger partial charge on any atom is -0.352 e. The Morgan fingerprint density at radius 1 is 1.38 bits per heavy atom. The summed E-state index contributed by atoms with van der Waals surface area (Å²) >= 11 is 0. The van der Waals surface area contributed by atoms with Gasteiger partial charge in [-0.3, -0.25) is 0 Å². The Balaban J connectivity index is 2.96. The first-order chi connectivity index (χ1) is 6.17. The number of nitrogens with one attached hydrogen (secondary N) is 1. The predicted octanol–water partition coefficient (Wildman–Crippen LogP) is 0.711. The van der Waals surface area contributed by atoms with E-state index in [4.69, 9.17) is 6.42 Å². The van der Waals surface area contributed by atoms with Crippen molar-refractivity contribution >= 4 is 9.84 Å². The number of sulfone groups is 1. The molecule has 0 aromatic heterocycles.